The molecule has 1 aliphatic rings. The van der Waals surface area contributed by atoms with Crippen LogP contribution in [0.4, 0.5) is 5.13 Å². The van der Waals surface area contributed by atoms with E-state index in [2.05, 4.69) is 51.8 Å². The molecule has 130 valence electrons. The van der Waals surface area contributed by atoms with Crippen LogP contribution < -0.4 is 5.32 Å². The second-order valence-electron chi connectivity index (χ2n) is 6.84. The average Bonchev–Trinajstić information content (AvgIpc) is 3.24. The zero-order chi connectivity index (χ0) is 17.2. The normalized spacial score (nSPS) is 15.8. The SMILES string of the molecule is CC(C)(C)c1nnc(NC(=O)CSc2nnnn2C2CCCC2)s1. The number of anilines is 1. The number of nitrogens with one attached hydrogen (secondary N) is 1. The van der Waals surface area contributed by atoms with Gasteiger partial charge < -0.3 is 0 Å². The van der Waals surface area contributed by atoms with E-state index in [1.54, 1.807) is 0 Å². The van der Waals surface area contributed by atoms with Gasteiger partial charge in [-0.15, -0.1) is 15.3 Å². The van der Waals surface area contributed by atoms with Gasteiger partial charge in [0.1, 0.15) is 5.01 Å². The van der Waals surface area contributed by atoms with Gasteiger partial charge in [-0.2, -0.15) is 0 Å². The van der Waals surface area contributed by atoms with Crippen LogP contribution in [-0.2, 0) is 10.2 Å². The quantitative estimate of drug-likeness (QED) is 0.811. The van der Waals surface area contributed by atoms with Crippen LogP contribution in [0.15, 0.2) is 5.16 Å². The fraction of sp³-hybridized carbons (Fsp3) is 0.714. The molecule has 1 N–H and O–H groups in total. The van der Waals surface area contributed by atoms with Gasteiger partial charge in [-0.05, 0) is 23.3 Å². The molecule has 0 aromatic carbocycles. The van der Waals surface area contributed by atoms with Crippen molar-refractivity contribution in [2.45, 2.75) is 63.1 Å². The van der Waals surface area contributed by atoms with Gasteiger partial charge in [0.15, 0.2) is 0 Å². The summed E-state index contributed by atoms with van der Waals surface area (Å²) in [7, 11) is 0. The molecular formula is C14H21N7OS2. The van der Waals surface area contributed by atoms with Gasteiger partial charge in [-0.25, -0.2) is 4.68 Å². The number of rotatable bonds is 5. The first-order valence-corrected chi connectivity index (χ1v) is 9.78. The van der Waals surface area contributed by atoms with Crippen molar-refractivity contribution in [3.63, 3.8) is 0 Å². The Kier molecular flexibility index (Phi) is 5.14. The molecule has 3 rings (SSSR count). The molecule has 0 spiro atoms. The summed E-state index contributed by atoms with van der Waals surface area (Å²) in [6.07, 6.45) is 4.63. The fourth-order valence-electron chi connectivity index (χ4n) is 2.52. The van der Waals surface area contributed by atoms with Gasteiger partial charge in [0.2, 0.25) is 16.2 Å². The fourth-order valence-corrected chi connectivity index (χ4v) is 4.08. The highest BCUT2D eigenvalue weighted by Gasteiger charge is 2.23. The Morgan fingerprint density at radius 3 is 2.71 bits per heavy atom. The lowest BCUT2D eigenvalue weighted by atomic mass is 9.98. The molecule has 0 saturated heterocycles. The number of carbonyl (C=O) groups excluding carboxylic acids is 1. The third kappa shape index (κ3) is 4.10. The molecule has 0 unspecified atom stereocenters. The Bertz CT molecular complexity index is 700. The topological polar surface area (TPSA) is 98.5 Å². The third-order valence-corrected chi connectivity index (χ3v) is 5.98. The summed E-state index contributed by atoms with van der Waals surface area (Å²) >= 11 is 2.76. The summed E-state index contributed by atoms with van der Waals surface area (Å²) in [5.74, 6) is 0.120. The van der Waals surface area contributed by atoms with E-state index >= 15 is 0 Å². The number of tetrazole rings is 1. The average molecular weight is 368 g/mol. The van der Waals surface area contributed by atoms with Crippen molar-refractivity contribution in [3.05, 3.63) is 5.01 Å². The first-order valence-electron chi connectivity index (χ1n) is 7.98. The van der Waals surface area contributed by atoms with Crippen LogP contribution in [0.1, 0.15) is 57.5 Å². The highest BCUT2D eigenvalue weighted by atomic mass is 32.2. The monoisotopic (exact) mass is 367 g/mol. The Hall–Kier alpha value is -1.55. The molecule has 0 radical (unpaired) electrons. The van der Waals surface area contributed by atoms with Crippen LogP contribution in [0.5, 0.6) is 0 Å². The number of hydrogen-bond donors (Lipinski definition) is 1. The van der Waals surface area contributed by atoms with Crippen LogP contribution in [0.2, 0.25) is 0 Å². The summed E-state index contributed by atoms with van der Waals surface area (Å²) < 4.78 is 1.85. The predicted molar refractivity (Wildman–Crippen MR) is 93.3 cm³/mol. The van der Waals surface area contributed by atoms with E-state index in [1.165, 1.54) is 35.9 Å². The maximum atomic E-state index is 12.1. The van der Waals surface area contributed by atoms with Gasteiger partial charge in [0.05, 0.1) is 11.8 Å². The first-order chi connectivity index (χ1) is 11.4. The van der Waals surface area contributed by atoms with E-state index in [0.717, 1.165) is 17.8 Å². The van der Waals surface area contributed by atoms with Crippen LogP contribution >= 0.6 is 23.1 Å². The van der Waals surface area contributed by atoms with E-state index in [0.29, 0.717) is 16.3 Å². The van der Waals surface area contributed by atoms with E-state index < -0.39 is 0 Å². The Morgan fingerprint density at radius 1 is 1.29 bits per heavy atom. The molecule has 1 fully saturated rings. The lowest BCUT2D eigenvalue weighted by Gasteiger charge is -2.12. The van der Waals surface area contributed by atoms with Gasteiger partial charge >= 0.3 is 0 Å². The lowest BCUT2D eigenvalue weighted by molar-refractivity contribution is -0.113. The number of carbonyl (C=O) groups is 1. The van der Waals surface area contributed by atoms with Crippen LogP contribution in [0.3, 0.4) is 0 Å². The van der Waals surface area contributed by atoms with E-state index in [1.807, 2.05) is 4.68 Å². The van der Waals surface area contributed by atoms with Crippen molar-refractivity contribution >= 4 is 34.1 Å². The van der Waals surface area contributed by atoms with Gasteiger partial charge in [0, 0.05) is 5.41 Å². The molecule has 1 amide bonds. The van der Waals surface area contributed by atoms with Gasteiger partial charge in [0.25, 0.3) is 0 Å². The molecular weight excluding hydrogens is 346 g/mol. The summed E-state index contributed by atoms with van der Waals surface area (Å²) in [4.78, 5) is 12.1. The van der Waals surface area contributed by atoms with E-state index in [9.17, 15) is 4.79 Å². The number of hydrogen-bond acceptors (Lipinski definition) is 8. The molecule has 1 saturated carbocycles. The highest BCUT2D eigenvalue weighted by Crippen LogP contribution is 2.31. The van der Waals surface area contributed by atoms with Crippen molar-refractivity contribution in [1.82, 2.24) is 30.4 Å². The Balaban J connectivity index is 1.55. The third-order valence-electron chi connectivity index (χ3n) is 3.78. The molecule has 2 aromatic heterocycles. The predicted octanol–water partition coefficient (Wildman–Crippen LogP) is 2.67. The van der Waals surface area contributed by atoms with Gasteiger partial charge in [-0.3, -0.25) is 10.1 Å². The standard InChI is InChI=1S/C14H21N7OS2/c1-14(2,3)11-16-17-12(24-11)15-10(22)8-23-13-18-19-20-21(13)9-6-4-5-7-9/h9H,4-8H2,1-3H3,(H,15,17,22). The molecule has 1 aliphatic carbocycles. The van der Waals surface area contributed by atoms with Crippen LogP contribution in [0.25, 0.3) is 0 Å². The molecule has 0 bridgehead atoms. The van der Waals surface area contributed by atoms with E-state index in [4.69, 9.17) is 0 Å². The maximum absolute atomic E-state index is 12.1. The summed E-state index contributed by atoms with van der Waals surface area (Å²) in [5.41, 5.74) is -0.0707. The largest absolute Gasteiger partial charge is 0.300 e. The van der Waals surface area contributed by atoms with Crippen LogP contribution in [-0.4, -0.2) is 42.1 Å². The van der Waals surface area contributed by atoms with Crippen molar-refractivity contribution in [3.8, 4) is 0 Å². The van der Waals surface area contributed by atoms with E-state index in [-0.39, 0.29) is 17.1 Å². The molecule has 0 atom stereocenters. The maximum Gasteiger partial charge on any atom is 0.236 e. The summed E-state index contributed by atoms with van der Waals surface area (Å²) in [6, 6.07) is 0.364. The van der Waals surface area contributed by atoms with Crippen LogP contribution in [0, 0.1) is 0 Å². The number of nitrogens with zero attached hydrogens (tertiary/aromatic N) is 6. The lowest BCUT2D eigenvalue weighted by Crippen LogP contribution is -2.15. The second-order valence-corrected chi connectivity index (χ2v) is 8.76. The van der Waals surface area contributed by atoms with Gasteiger partial charge in [-0.1, -0.05) is 56.7 Å². The Labute approximate surface area is 148 Å². The van der Waals surface area contributed by atoms with Crippen molar-refractivity contribution < 1.29 is 4.79 Å². The molecule has 2 heterocycles. The molecule has 8 nitrogen and oxygen atoms in total. The molecule has 10 heteroatoms. The summed E-state index contributed by atoms with van der Waals surface area (Å²) in [5, 5.41) is 24.9. The molecule has 24 heavy (non-hydrogen) atoms. The van der Waals surface area contributed by atoms with Crippen molar-refractivity contribution in [2.24, 2.45) is 0 Å². The number of thioether (sulfide) groups is 1. The first kappa shape index (κ1) is 17.3. The minimum Gasteiger partial charge on any atom is -0.300 e. The minimum absolute atomic E-state index is 0.0707. The smallest absolute Gasteiger partial charge is 0.236 e. The molecule has 0 aliphatic heterocycles. The molecule has 2 aromatic rings. The highest BCUT2D eigenvalue weighted by molar-refractivity contribution is 7.99. The minimum atomic E-state index is -0.127. The zero-order valence-corrected chi connectivity index (χ0v) is 15.7. The van der Waals surface area contributed by atoms with Crippen molar-refractivity contribution in [2.75, 3.05) is 11.1 Å². The second kappa shape index (κ2) is 7.14. The van der Waals surface area contributed by atoms with Crippen molar-refractivity contribution in [1.29, 1.82) is 0 Å². The number of amides is 1. The summed E-state index contributed by atoms with van der Waals surface area (Å²) in [6.45, 7) is 6.20. The number of aromatic nitrogens is 6. The Morgan fingerprint density at radius 2 is 2.04 bits per heavy atom. The zero-order valence-electron chi connectivity index (χ0n) is 14.0.